The Bertz CT molecular complexity index is 425. The Morgan fingerprint density at radius 2 is 2.20 bits per heavy atom. The second-order valence-electron chi connectivity index (χ2n) is 4.50. The minimum atomic E-state index is -1.22. The van der Waals surface area contributed by atoms with Gasteiger partial charge in [-0.05, 0) is 25.7 Å². The number of carboxylic acid groups (broad SMARTS) is 1. The van der Waals surface area contributed by atoms with Crippen LogP contribution in [0.1, 0.15) is 32.1 Å². The molecule has 0 aliphatic carbocycles. The molecular formula is C12H17N3O5. The monoisotopic (exact) mass is 283 g/mol. The number of ketones is 1. The van der Waals surface area contributed by atoms with Gasteiger partial charge in [0.05, 0.1) is 0 Å². The molecule has 1 aliphatic rings. The van der Waals surface area contributed by atoms with Crippen LogP contribution in [0.2, 0.25) is 0 Å². The SMILES string of the molecule is [N-]=[N+]=CC(=O)CCC(NC(=O)[C@H]1CCCCO1)C(=O)O. The van der Waals surface area contributed by atoms with E-state index in [1.54, 1.807) is 0 Å². The lowest BCUT2D eigenvalue weighted by atomic mass is 10.1. The summed E-state index contributed by atoms with van der Waals surface area (Å²) in [5, 5.41) is 11.4. The van der Waals surface area contributed by atoms with Crippen LogP contribution >= 0.6 is 0 Å². The normalized spacial score (nSPS) is 19.5. The second kappa shape index (κ2) is 8.19. The molecule has 2 atom stereocenters. The average molecular weight is 283 g/mol. The zero-order valence-electron chi connectivity index (χ0n) is 10.9. The van der Waals surface area contributed by atoms with Crippen LogP contribution < -0.4 is 5.32 Å². The molecule has 2 N–H and O–H groups in total. The number of hydrogen-bond acceptors (Lipinski definition) is 4. The number of rotatable bonds is 7. The van der Waals surface area contributed by atoms with Gasteiger partial charge in [-0.25, -0.2) is 4.79 Å². The van der Waals surface area contributed by atoms with Gasteiger partial charge in [-0.1, -0.05) is 0 Å². The Morgan fingerprint density at radius 3 is 2.75 bits per heavy atom. The summed E-state index contributed by atoms with van der Waals surface area (Å²) in [7, 11) is 0. The molecule has 1 fully saturated rings. The number of carbonyl (C=O) groups excluding carboxylic acids is 2. The van der Waals surface area contributed by atoms with E-state index >= 15 is 0 Å². The van der Waals surface area contributed by atoms with Crippen LogP contribution in [0.5, 0.6) is 0 Å². The molecule has 0 aromatic carbocycles. The summed E-state index contributed by atoms with van der Waals surface area (Å²) < 4.78 is 5.26. The molecule has 0 spiro atoms. The minimum absolute atomic E-state index is 0.0708. The van der Waals surface area contributed by atoms with Gasteiger partial charge in [-0.15, -0.1) is 0 Å². The molecular weight excluding hydrogens is 266 g/mol. The smallest absolute Gasteiger partial charge is 0.326 e. The number of carbonyl (C=O) groups is 3. The van der Waals surface area contributed by atoms with Gasteiger partial charge >= 0.3 is 12.2 Å². The third-order valence-corrected chi connectivity index (χ3v) is 2.97. The molecule has 0 saturated carbocycles. The standard InChI is InChI=1S/C12H17N3O5/c13-14-7-8(16)4-5-9(12(18)19)15-11(17)10-3-1-2-6-20-10/h7,9-10H,1-6H2,(H,15,17)(H,18,19)/t9?,10-/m1/s1. The molecule has 20 heavy (non-hydrogen) atoms. The molecule has 8 heteroatoms. The molecule has 1 saturated heterocycles. The lowest BCUT2D eigenvalue weighted by Gasteiger charge is -2.23. The number of Topliss-reactive ketones (excluding diaryl/α,β-unsaturated/α-hetero) is 1. The quantitative estimate of drug-likeness (QED) is 0.379. The van der Waals surface area contributed by atoms with Crippen LogP contribution in [-0.4, -0.2) is 52.5 Å². The Morgan fingerprint density at radius 1 is 1.45 bits per heavy atom. The Hall–Kier alpha value is -2.05. The first kappa shape index (κ1) is 16.0. The first-order valence-corrected chi connectivity index (χ1v) is 6.39. The highest BCUT2D eigenvalue weighted by atomic mass is 16.5. The molecule has 1 aliphatic heterocycles. The molecule has 1 rings (SSSR count). The van der Waals surface area contributed by atoms with Crippen molar-refractivity contribution in [2.45, 2.75) is 44.2 Å². The third-order valence-electron chi connectivity index (χ3n) is 2.97. The van der Waals surface area contributed by atoms with Crippen LogP contribution in [0, 0.1) is 0 Å². The maximum Gasteiger partial charge on any atom is 0.326 e. The summed E-state index contributed by atoms with van der Waals surface area (Å²) in [6.45, 7) is 0.487. The van der Waals surface area contributed by atoms with E-state index in [4.69, 9.17) is 15.4 Å². The Balaban J connectivity index is 2.49. The first-order valence-electron chi connectivity index (χ1n) is 6.39. The molecule has 1 unspecified atom stereocenters. The van der Waals surface area contributed by atoms with Gasteiger partial charge in [0.25, 0.3) is 0 Å². The van der Waals surface area contributed by atoms with E-state index in [1.165, 1.54) is 0 Å². The average Bonchev–Trinajstić information content (AvgIpc) is 2.44. The largest absolute Gasteiger partial charge is 0.480 e. The number of nitrogens with one attached hydrogen (secondary N) is 1. The number of amides is 1. The van der Waals surface area contributed by atoms with E-state index in [1.807, 2.05) is 0 Å². The number of ether oxygens (including phenoxy) is 1. The van der Waals surface area contributed by atoms with Crippen molar-refractivity contribution in [3.05, 3.63) is 5.53 Å². The van der Waals surface area contributed by atoms with Crippen molar-refractivity contribution in [2.75, 3.05) is 6.61 Å². The van der Waals surface area contributed by atoms with Crippen molar-refractivity contribution in [3.63, 3.8) is 0 Å². The zero-order valence-corrected chi connectivity index (χ0v) is 10.9. The van der Waals surface area contributed by atoms with E-state index in [2.05, 4.69) is 10.1 Å². The van der Waals surface area contributed by atoms with Gasteiger partial charge in [0.1, 0.15) is 12.1 Å². The predicted molar refractivity (Wildman–Crippen MR) is 67.1 cm³/mol. The topological polar surface area (TPSA) is 129 Å². The van der Waals surface area contributed by atoms with Crippen LogP contribution in [0.4, 0.5) is 0 Å². The predicted octanol–water partition coefficient (Wildman–Crippen LogP) is -0.225. The fraction of sp³-hybridized carbons (Fsp3) is 0.667. The maximum absolute atomic E-state index is 11.8. The Kier molecular flexibility index (Phi) is 6.55. The first-order chi connectivity index (χ1) is 9.54. The number of carboxylic acids is 1. The van der Waals surface area contributed by atoms with E-state index in [0.29, 0.717) is 19.2 Å². The minimum Gasteiger partial charge on any atom is -0.480 e. The number of nitrogens with zero attached hydrogens (tertiary/aromatic N) is 2. The van der Waals surface area contributed by atoms with E-state index in [0.717, 1.165) is 12.8 Å². The van der Waals surface area contributed by atoms with Gasteiger partial charge in [0, 0.05) is 13.0 Å². The summed E-state index contributed by atoms with van der Waals surface area (Å²) >= 11 is 0. The lowest BCUT2D eigenvalue weighted by molar-refractivity contribution is -0.145. The van der Waals surface area contributed by atoms with Crippen LogP contribution in [-0.2, 0) is 19.1 Å². The van der Waals surface area contributed by atoms with E-state index in [9.17, 15) is 14.4 Å². The van der Waals surface area contributed by atoms with Gasteiger partial charge in [0.2, 0.25) is 11.7 Å². The van der Waals surface area contributed by atoms with Gasteiger partial charge in [-0.2, -0.15) is 4.79 Å². The molecule has 0 aromatic heterocycles. The highest BCUT2D eigenvalue weighted by molar-refractivity contribution is 6.25. The number of aliphatic carboxylic acids is 1. The molecule has 1 amide bonds. The van der Waals surface area contributed by atoms with Crippen LogP contribution in [0.3, 0.4) is 0 Å². The third kappa shape index (κ3) is 5.29. The highest BCUT2D eigenvalue weighted by Gasteiger charge is 2.27. The fourth-order valence-electron chi connectivity index (χ4n) is 1.89. The van der Waals surface area contributed by atoms with Crippen molar-refractivity contribution in [1.82, 2.24) is 5.32 Å². The molecule has 0 aromatic rings. The summed E-state index contributed by atoms with van der Waals surface area (Å²) in [5.74, 6) is -2.20. The van der Waals surface area contributed by atoms with Crippen molar-refractivity contribution in [3.8, 4) is 0 Å². The maximum atomic E-state index is 11.8. The lowest BCUT2D eigenvalue weighted by Crippen LogP contribution is -2.47. The van der Waals surface area contributed by atoms with Gasteiger partial charge in [0.15, 0.2) is 0 Å². The summed E-state index contributed by atoms with van der Waals surface area (Å²) in [6, 6.07) is -1.16. The molecule has 1 heterocycles. The molecule has 8 nitrogen and oxygen atoms in total. The molecule has 110 valence electrons. The fourth-order valence-corrected chi connectivity index (χ4v) is 1.89. The zero-order chi connectivity index (χ0) is 15.0. The van der Waals surface area contributed by atoms with Gasteiger partial charge < -0.3 is 20.7 Å². The second-order valence-corrected chi connectivity index (χ2v) is 4.50. The summed E-state index contributed by atoms with van der Waals surface area (Å²) in [5.41, 5.74) is 8.17. The van der Waals surface area contributed by atoms with Gasteiger partial charge in [-0.3, -0.25) is 9.59 Å². The van der Waals surface area contributed by atoms with Crippen molar-refractivity contribution in [2.24, 2.45) is 0 Å². The van der Waals surface area contributed by atoms with Crippen LogP contribution in [0.15, 0.2) is 0 Å². The summed E-state index contributed by atoms with van der Waals surface area (Å²) in [4.78, 5) is 36.6. The summed E-state index contributed by atoms with van der Waals surface area (Å²) in [6.07, 6.45) is 2.19. The van der Waals surface area contributed by atoms with E-state index in [-0.39, 0.29) is 12.8 Å². The van der Waals surface area contributed by atoms with Crippen molar-refractivity contribution < 1.29 is 29.0 Å². The van der Waals surface area contributed by atoms with Crippen LogP contribution in [0.25, 0.3) is 5.53 Å². The number of hydrogen-bond donors (Lipinski definition) is 2. The highest BCUT2D eigenvalue weighted by Crippen LogP contribution is 2.13. The Labute approximate surface area is 115 Å². The van der Waals surface area contributed by atoms with Crippen molar-refractivity contribution in [1.29, 1.82) is 0 Å². The molecule has 0 bridgehead atoms. The van der Waals surface area contributed by atoms with E-state index < -0.39 is 29.8 Å². The van der Waals surface area contributed by atoms with Crippen molar-refractivity contribution >= 4 is 23.9 Å². The molecule has 0 radical (unpaired) electrons.